The van der Waals surface area contributed by atoms with Crippen LogP contribution in [0.15, 0.2) is 12.1 Å². The number of aromatic nitrogens is 1. The molecule has 3 nitrogen and oxygen atoms in total. The average molecular weight is 259 g/mol. The molecule has 0 spiro atoms. The van der Waals surface area contributed by atoms with Gasteiger partial charge < -0.3 is 5.32 Å². The number of amides is 1. The molecule has 1 atom stereocenters. The quantitative estimate of drug-likeness (QED) is 0.830. The molecule has 16 heavy (non-hydrogen) atoms. The lowest BCUT2D eigenvalue weighted by molar-refractivity contribution is 0.0946. The summed E-state index contributed by atoms with van der Waals surface area (Å²) in [5.41, 5.74) is 0.656. The second-order valence-corrected chi connectivity index (χ2v) is 5.49. The van der Waals surface area contributed by atoms with Crippen molar-refractivity contribution in [2.45, 2.75) is 26.3 Å². The minimum atomic E-state index is -0.151. The summed E-state index contributed by atoms with van der Waals surface area (Å²) in [4.78, 5) is 15.6. The normalized spacial score (nSPS) is 21.6. The van der Waals surface area contributed by atoms with Crippen molar-refractivity contribution in [3.63, 3.8) is 0 Å². The third kappa shape index (κ3) is 2.47. The molecule has 0 bridgehead atoms. The first kappa shape index (κ1) is 11.7. The minimum absolute atomic E-state index is 0.151. The van der Waals surface area contributed by atoms with E-state index in [1.807, 2.05) is 0 Å². The van der Waals surface area contributed by atoms with Gasteiger partial charge in [-0.3, -0.25) is 4.79 Å². The summed E-state index contributed by atoms with van der Waals surface area (Å²) in [6, 6.07) is 3.27. The Labute approximate surface area is 104 Å². The fourth-order valence-corrected chi connectivity index (χ4v) is 2.01. The summed E-state index contributed by atoms with van der Waals surface area (Å²) in [7, 11) is 0. The van der Waals surface area contributed by atoms with E-state index in [0.717, 1.165) is 6.42 Å². The van der Waals surface area contributed by atoms with Gasteiger partial charge in [0.1, 0.15) is 10.3 Å². The Kier molecular flexibility index (Phi) is 2.84. The predicted octanol–water partition coefficient (Wildman–Crippen LogP) is 2.92. The van der Waals surface area contributed by atoms with Crippen molar-refractivity contribution in [1.82, 2.24) is 10.3 Å². The molecule has 0 radical (unpaired) electrons. The van der Waals surface area contributed by atoms with Crippen LogP contribution in [0.4, 0.5) is 0 Å². The van der Waals surface area contributed by atoms with Crippen LogP contribution in [0.2, 0.25) is 10.3 Å². The fraction of sp³-hybridized carbons (Fsp3) is 0.455. The van der Waals surface area contributed by atoms with E-state index in [2.05, 4.69) is 24.1 Å². The van der Waals surface area contributed by atoms with Crippen LogP contribution in [0.25, 0.3) is 0 Å². The van der Waals surface area contributed by atoms with Crippen molar-refractivity contribution < 1.29 is 4.79 Å². The van der Waals surface area contributed by atoms with Crippen LogP contribution < -0.4 is 5.32 Å². The first-order valence-corrected chi connectivity index (χ1v) is 5.78. The lowest BCUT2D eigenvalue weighted by atomic mass is 10.2. The van der Waals surface area contributed by atoms with Crippen molar-refractivity contribution in [2.24, 2.45) is 5.41 Å². The molecule has 86 valence electrons. The largest absolute Gasteiger partial charge is 0.349 e. The summed E-state index contributed by atoms with van der Waals surface area (Å²) in [6.45, 7) is 4.23. The number of rotatable bonds is 2. The van der Waals surface area contributed by atoms with Crippen LogP contribution in [-0.4, -0.2) is 16.9 Å². The molecule has 2 rings (SSSR count). The van der Waals surface area contributed by atoms with E-state index >= 15 is 0 Å². The zero-order valence-corrected chi connectivity index (χ0v) is 10.6. The maximum absolute atomic E-state index is 11.8. The standard InChI is InChI=1S/C11H12Cl2N2O/c1-11(2)5-7(11)14-10(16)6-3-8(12)15-9(13)4-6/h3-4,7H,5H2,1-2H3,(H,14,16). The summed E-state index contributed by atoms with van der Waals surface area (Å²) >= 11 is 11.5. The van der Waals surface area contributed by atoms with E-state index < -0.39 is 0 Å². The Hall–Kier alpha value is -0.800. The fourth-order valence-electron chi connectivity index (χ4n) is 1.55. The second kappa shape index (κ2) is 3.90. The highest BCUT2D eigenvalue weighted by atomic mass is 35.5. The van der Waals surface area contributed by atoms with Gasteiger partial charge >= 0.3 is 0 Å². The number of nitrogens with zero attached hydrogens (tertiary/aromatic N) is 1. The van der Waals surface area contributed by atoms with Gasteiger partial charge in [-0.05, 0) is 24.0 Å². The van der Waals surface area contributed by atoms with E-state index in [1.165, 1.54) is 12.1 Å². The third-order valence-electron chi connectivity index (χ3n) is 2.84. The van der Waals surface area contributed by atoms with Crippen LogP contribution in [0.1, 0.15) is 30.6 Å². The van der Waals surface area contributed by atoms with Crippen molar-refractivity contribution in [3.8, 4) is 0 Å². The van der Waals surface area contributed by atoms with Gasteiger partial charge in [-0.2, -0.15) is 0 Å². The SMILES string of the molecule is CC1(C)CC1NC(=O)c1cc(Cl)nc(Cl)c1. The lowest BCUT2D eigenvalue weighted by Crippen LogP contribution is -2.28. The van der Waals surface area contributed by atoms with Crippen molar-refractivity contribution in [2.75, 3.05) is 0 Å². The topological polar surface area (TPSA) is 42.0 Å². The molecule has 1 saturated carbocycles. The summed E-state index contributed by atoms with van der Waals surface area (Å²) in [5.74, 6) is -0.151. The zero-order valence-electron chi connectivity index (χ0n) is 9.05. The van der Waals surface area contributed by atoms with Crippen molar-refractivity contribution in [1.29, 1.82) is 0 Å². The van der Waals surface area contributed by atoms with Gasteiger partial charge in [0.15, 0.2) is 0 Å². The van der Waals surface area contributed by atoms with E-state index in [0.29, 0.717) is 5.56 Å². The number of carbonyl (C=O) groups excluding carboxylic acids is 1. The Morgan fingerprint density at radius 1 is 1.44 bits per heavy atom. The molecular formula is C11H12Cl2N2O. The van der Waals surface area contributed by atoms with Crippen molar-refractivity contribution >= 4 is 29.1 Å². The van der Waals surface area contributed by atoms with Gasteiger partial charge in [0.2, 0.25) is 0 Å². The molecule has 0 aromatic carbocycles. The van der Waals surface area contributed by atoms with Gasteiger partial charge in [0.05, 0.1) is 0 Å². The molecule has 1 aromatic heterocycles. The Bertz CT molecular complexity index is 425. The summed E-state index contributed by atoms with van der Waals surface area (Å²) in [6.07, 6.45) is 1.01. The zero-order chi connectivity index (χ0) is 11.9. The molecule has 1 aromatic rings. The highest BCUT2D eigenvalue weighted by Crippen LogP contribution is 2.44. The first-order valence-electron chi connectivity index (χ1n) is 5.02. The molecule has 1 fully saturated rings. The third-order valence-corrected chi connectivity index (χ3v) is 3.23. The Balaban J connectivity index is 2.09. The molecule has 0 saturated heterocycles. The highest BCUT2D eigenvalue weighted by molar-refractivity contribution is 6.33. The molecule has 1 N–H and O–H groups in total. The molecule has 0 aliphatic heterocycles. The average Bonchev–Trinajstić information content (AvgIpc) is 2.71. The summed E-state index contributed by atoms with van der Waals surface area (Å²) < 4.78 is 0. The van der Waals surface area contributed by atoms with Crippen LogP contribution >= 0.6 is 23.2 Å². The van der Waals surface area contributed by atoms with Gasteiger partial charge in [-0.25, -0.2) is 4.98 Å². The van der Waals surface area contributed by atoms with E-state index in [1.54, 1.807) is 0 Å². The van der Waals surface area contributed by atoms with Gasteiger partial charge in [-0.1, -0.05) is 37.0 Å². The van der Waals surface area contributed by atoms with Gasteiger partial charge in [-0.15, -0.1) is 0 Å². The minimum Gasteiger partial charge on any atom is -0.349 e. The summed E-state index contributed by atoms with van der Waals surface area (Å²) in [5, 5.41) is 3.39. The predicted molar refractivity (Wildman–Crippen MR) is 63.9 cm³/mol. The van der Waals surface area contributed by atoms with Crippen LogP contribution in [0, 0.1) is 5.41 Å². The van der Waals surface area contributed by atoms with Crippen LogP contribution in [-0.2, 0) is 0 Å². The number of halogens is 2. The number of hydrogen-bond donors (Lipinski definition) is 1. The van der Waals surface area contributed by atoms with E-state index in [-0.39, 0.29) is 27.7 Å². The first-order chi connectivity index (χ1) is 7.38. The molecule has 1 unspecified atom stereocenters. The van der Waals surface area contributed by atoms with E-state index in [4.69, 9.17) is 23.2 Å². The lowest BCUT2D eigenvalue weighted by Gasteiger charge is -2.07. The molecule has 1 aliphatic carbocycles. The number of nitrogens with one attached hydrogen (secondary N) is 1. The Morgan fingerprint density at radius 2 is 1.94 bits per heavy atom. The maximum atomic E-state index is 11.8. The number of pyridine rings is 1. The molecule has 1 amide bonds. The van der Waals surface area contributed by atoms with Crippen LogP contribution in [0.3, 0.4) is 0 Å². The monoisotopic (exact) mass is 258 g/mol. The molecule has 5 heteroatoms. The smallest absolute Gasteiger partial charge is 0.251 e. The molecule has 1 aliphatic rings. The molecular weight excluding hydrogens is 247 g/mol. The number of carbonyl (C=O) groups is 1. The van der Waals surface area contributed by atoms with E-state index in [9.17, 15) is 4.79 Å². The second-order valence-electron chi connectivity index (χ2n) is 4.72. The van der Waals surface area contributed by atoms with Crippen LogP contribution in [0.5, 0.6) is 0 Å². The highest BCUT2D eigenvalue weighted by Gasteiger charge is 2.46. The molecule has 1 heterocycles. The Morgan fingerprint density at radius 3 is 2.38 bits per heavy atom. The number of hydrogen-bond acceptors (Lipinski definition) is 2. The van der Waals surface area contributed by atoms with Crippen molar-refractivity contribution in [3.05, 3.63) is 28.0 Å². The maximum Gasteiger partial charge on any atom is 0.251 e. The van der Waals surface area contributed by atoms with Gasteiger partial charge in [0, 0.05) is 11.6 Å². The van der Waals surface area contributed by atoms with Gasteiger partial charge in [0.25, 0.3) is 5.91 Å².